The quantitative estimate of drug-likeness (QED) is 0.542. The van der Waals surface area contributed by atoms with Gasteiger partial charge in [0.2, 0.25) is 6.79 Å². The van der Waals surface area contributed by atoms with Crippen molar-refractivity contribution in [1.82, 2.24) is 4.90 Å². The maximum atomic E-state index is 13.4. The molecule has 1 saturated heterocycles. The minimum absolute atomic E-state index is 0.0125. The van der Waals surface area contributed by atoms with E-state index in [1.54, 1.807) is 0 Å². The van der Waals surface area contributed by atoms with Gasteiger partial charge in [0, 0.05) is 24.1 Å². The van der Waals surface area contributed by atoms with Crippen LogP contribution in [-0.4, -0.2) is 36.4 Å². The third kappa shape index (κ3) is 4.35. The normalized spacial score (nSPS) is 17.8. The number of fused-ring (bicyclic) bond motifs is 1. The first-order valence-corrected chi connectivity index (χ1v) is 11.5. The molecule has 158 valence electrons. The highest BCUT2D eigenvalue weighted by molar-refractivity contribution is 7.99. The molecule has 0 bridgehead atoms. The third-order valence-corrected chi connectivity index (χ3v) is 6.81. The van der Waals surface area contributed by atoms with Crippen LogP contribution in [0.4, 0.5) is 0 Å². The number of carbonyl (C=O) groups excluding carboxylic acids is 1. The number of benzene rings is 3. The molecule has 5 nitrogen and oxygen atoms in total. The van der Waals surface area contributed by atoms with E-state index in [-0.39, 0.29) is 12.7 Å². The highest BCUT2D eigenvalue weighted by Crippen LogP contribution is 2.40. The average molecular weight is 434 g/mol. The Kier molecular flexibility index (Phi) is 5.71. The van der Waals surface area contributed by atoms with Gasteiger partial charge in [-0.25, -0.2) is 0 Å². The SMILES string of the molecule is O=C(c1ccccc1Oc1ccccc1)N1CCSC(c2ccc3c(c2)OCO3)CC1. The van der Waals surface area contributed by atoms with Crippen molar-refractivity contribution >= 4 is 17.7 Å². The zero-order valence-corrected chi connectivity index (χ0v) is 17.8. The number of para-hydroxylation sites is 2. The minimum atomic E-state index is 0.0125. The Morgan fingerprint density at radius 1 is 0.935 bits per heavy atom. The standard InChI is InChI=1S/C25H23NO4S/c27-25(20-8-4-5-9-21(20)30-19-6-2-1-3-7-19)26-13-12-24(31-15-14-26)18-10-11-22-23(16-18)29-17-28-22/h1-11,16,24H,12-15,17H2. The number of thioether (sulfide) groups is 1. The van der Waals surface area contributed by atoms with Gasteiger partial charge >= 0.3 is 0 Å². The van der Waals surface area contributed by atoms with Crippen molar-refractivity contribution in [2.24, 2.45) is 0 Å². The fourth-order valence-corrected chi connectivity index (χ4v) is 5.09. The van der Waals surface area contributed by atoms with E-state index in [2.05, 4.69) is 12.1 Å². The van der Waals surface area contributed by atoms with E-state index in [4.69, 9.17) is 14.2 Å². The van der Waals surface area contributed by atoms with Gasteiger partial charge in [-0.05, 0) is 48.4 Å². The van der Waals surface area contributed by atoms with E-state index in [1.807, 2.05) is 77.3 Å². The summed E-state index contributed by atoms with van der Waals surface area (Å²) < 4.78 is 17.0. The van der Waals surface area contributed by atoms with Crippen LogP contribution in [-0.2, 0) is 0 Å². The summed E-state index contributed by atoms with van der Waals surface area (Å²) in [5.74, 6) is 3.81. The van der Waals surface area contributed by atoms with E-state index in [0.29, 0.717) is 29.7 Å². The van der Waals surface area contributed by atoms with Crippen molar-refractivity contribution in [3.63, 3.8) is 0 Å². The van der Waals surface area contributed by atoms with Gasteiger partial charge in [-0.2, -0.15) is 11.8 Å². The second-order valence-corrected chi connectivity index (χ2v) is 8.77. The molecular weight excluding hydrogens is 410 g/mol. The molecule has 0 N–H and O–H groups in total. The lowest BCUT2D eigenvalue weighted by molar-refractivity contribution is 0.0764. The van der Waals surface area contributed by atoms with Crippen LogP contribution < -0.4 is 14.2 Å². The first kappa shape index (κ1) is 19.8. The molecule has 0 aliphatic carbocycles. The zero-order valence-electron chi connectivity index (χ0n) is 17.0. The van der Waals surface area contributed by atoms with Crippen LogP contribution in [0.15, 0.2) is 72.8 Å². The number of amides is 1. The van der Waals surface area contributed by atoms with Gasteiger partial charge in [-0.1, -0.05) is 36.4 Å². The summed E-state index contributed by atoms with van der Waals surface area (Å²) in [7, 11) is 0. The number of ether oxygens (including phenoxy) is 3. The predicted octanol–water partition coefficient (Wildman–Crippen LogP) is 5.53. The van der Waals surface area contributed by atoms with E-state index < -0.39 is 0 Å². The molecule has 2 heterocycles. The lowest BCUT2D eigenvalue weighted by Crippen LogP contribution is -2.33. The maximum Gasteiger partial charge on any atom is 0.257 e. The van der Waals surface area contributed by atoms with Crippen molar-refractivity contribution in [3.8, 4) is 23.0 Å². The Hall–Kier alpha value is -3.12. The predicted molar refractivity (Wildman–Crippen MR) is 121 cm³/mol. The molecule has 0 saturated carbocycles. The molecule has 1 fully saturated rings. The highest BCUT2D eigenvalue weighted by Gasteiger charge is 2.26. The molecule has 0 aromatic heterocycles. The van der Waals surface area contributed by atoms with Gasteiger partial charge in [-0.3, -0.25) is 4.79 Å². The fourth-order valence-electron chi connectivity index (χ4n) is 3.87. The molecule has 2 aliphatic heterocycles. The van der Waals surface area contributed by atoms with Crippen LogP contribution >= 0.6 is 11.8 Å². The first-order chi connectivity index (χ1) is 15.3. The Bertz CT molecular complexity index is 1070. The summed E-state index contributed by atoms with van der Waals surface area (Å²) in [6.07, 6.45) is 0.887. The van der Waals surface area contributed by atoms with Gasteiger partial charge in [0.25, 0.3) is 5.91 Å². The number of carbonyl (C=O) groups is 1. The molecule has 5 rings (SSSR count). The molecule has 6 heteroatoms. The van der Waals surface area contributed by atoms with Gasteiger partial charge in [0.05, 0.1) is 5.56 Å². The summed E-state index contributed by atoms with van der Waals surface area (Å²) >= 11 is 1.88. The van der Waals surface area contributed by atoms with Crippen molar-refractivity contribution in [1.29, 1.82) is 0 Å². The summed E-state index contributed by atoms with van der Waals surface area (Å²) in [5.41, 5.74) is 1.81. The highest BCUT2D eigenvalue weighted by atomic mass is 32.2. The van der Waals surface area contributed by atoms with Crippen LogP contribution in [0.2, 0.25) is 0 Å². The molecule has 3 aromatic rings. The molecule has 1 unspecified atom stereocenters. The Morgan fingerprint density at radius 2 is 1.74 bits per heavy atom. The van der Waals surface area contributed by atoms with Crippen LogP contribution in [0, 0.1) is 0 Å². The number of hydrogen-bond acceptors (Lipinski definition) is 5. The second-order valence-electron chi connectivity index (χ2n) is 7.46. The summed E-state index contributed by atoms with van der Waals surface area (Å²) in [6.45, 7) is 1.69. The number of hydrogen-bond donors (Lipinski definition) is 0. The molecule has 0 spiro atoms. The second kappa shape index (κ2) is 8.94. The van der Waals surface area contributed by atoms with Crippen molar-refractivity contribution in [3.05, 3.63) is 83.9 Å². The van der Waals surface area contributed by atoms with E-state index in [0.717, 1.165) is 29.4 Å². The molecule has 1 amide bonds. The summed E-state index contributed by atoms with van der Waals surface area (Å²) in [5, 5.41) is 0.322. The van der Waals surface area contributed by atoms with Crippen molar-refractivity contribution in [2.45, 2.75) is 11.7 Å². The van der Waals surface area contributed by atoms with Gasteiger partial charge in [0.1, 0.15) is 11.5 Å². The molecular formula is C25H23NO4S. The largest absolute Gasteiger partial charge is 0.457 e. The summed E-state index contributed by atoms with van der Waals surface area (Å²) in [6, 6.07) is 23.2. The molecule has 3 aromatic carbocycles. The molecule has 0 radical (unpaired) electrons. The van der Waals surface area contributed by atoms with E-state index in [1.165, 1.54) is 5.56 Å². The third-order valence-electron chi connectivity index (χ3n) is 5.49. The fraction of sp³-hybridized carbons (Fsp3) is 0.240. The molecule has 31 heavy (non-hydrogen) atoms. The number of nitrogens with zero attached hydrogens (tertiary/aromatic N) is 1. The van der Waals surface area contributed by atoms with E-state index >= 15 is 0 Å². The van der Waals surface area contributed by atoms with Crippen LogP contribution in [0.1, 0.15) is 27.6 Å². The topological polar surface area (TPSA) is 48.0 Å². The lowest BCUT2D eigenvalue weighted by atomic mass is 10.1. The Labute approximate surface area is 185 Å². The van der Waals surface area contributed by atoms with Gasteiger partial charge in [-0.15, -0.1) is 0 Å². The lowest BCUT2D eigenvalue weighted by Gasteiger charge is -2.22. The van der Waals surface area contributed by atoms with E-state index in [9.17, 15) is 4.79 Å². The molecule has 2 aliphatic rings. The van der Waals surface area contributed by atoms with Crippen LogP contribution in [0.3, 0.4) is 0 Å². The first-order valence-electron chi connectivity index (χ1n) is 10.4. The minimum Gasteiger partial charge on any atom is -0.457 e. The van der Waals surface area contributed by atoms with Crippen molar-refractivity contribution < 1.29 is 19.0 Å². The monoisotopic (exact) mass is 433 g/mol. The number of rotatable bonds is 4. The van der Waals surface area contributed by atoms with Crippen LogP contribution in [0.5, 0.6) is 23.0 Å². The Morgan fingerprint density at radius 3 is 2.65 bits per heavy atom. The average Bonchev–Trinajstić information content (AvgIpc) is 3.14. The summed E-state index contributed by atoms with van der Waals surface area (Å²) in [4.78, 5) is 15.3. The zero-order chi connectivity index (χ0) is 21.0. The van der Waals surface area contributed by atoms with Crippen molar-refractivity contribution in [2.75, 3.05) is 25.6 Å². The van der Waals surface area contributed by atoms with Gasteiger partial charge in [0.15, 0.2) is 11.5 Å². The smallest absolute Gasteiger partial charge is 0.257 e. The Balaban J connectivity index is 1.30. The maximum absolute atomic E-state index is 13.4. The van der Waals surface area contributed by atoms with Crippen LogP contribution in [0.25, 0.3) is 0 Å². The van der Waals surface area contributed by atoms with Gasteiger partial charge < -0.3 is 19.1 Å². The molecule has 1 atom stereocenters.